The molecule has 118 valence electrons. The first-order chi connectivity index (χ1) is 10.7. The van der Waals surface area contributed by atoms with Gasteiger partial charge >= 0.3 is 0 Å². The summed E-state index contributed by atoms with van der Waals surface area (Å²) in [6.07, 6.45) is 4.61. The van der Waals surface area contributed by atoms with Crippen LogP contribution in [0.15, 0.2) is 30.3 Å². The van der Waals surface area contributed by atoms with Crippen molar-refractivity contribution in [2.45, 2.75) is 32.2 Å². The molecule has 1 aromatic heterocycles. The molecule has 0 unspecified atom stereocenters. The molecule has 1 amide bonds. The Morgan fingerprint density at radius 2 is 2.09 bits per heavy atom. The molecule has 5 nitrogen and oxygen atoms in total. The number of hydrogen-bond donors (Lipinski definition) is 2. The lowest BCUT2D eigenvalue weighted by atomic mass is 10.1. The van der Waals surface area contributed by atoms with Gasteiger partial charge in [-0.15, -0.1) is 0 Å². The molecule has 1 atom stereocenters. The van der Waals surface area contributed by atoms with Gasteiger partial charge in [-0.1, -0.05) is 30.3 Å². The zero-order chi connectivity index (χ0) is 15.8. The van der Waals surface area contributed by atoms with Crippen LogP contribution < -0.4 is 5.32 Å². The monoisotopic (exact) mass is 318 g/mol. The Balaban J connectivity index is 1.96. The van der Waals surface area contributed by atoms with Gasteiger partial charge in [-0.2, -0.15) is 16.9 Å². The van der Waals surface area contributed by atoms with Crippen molar-refractivity contribution < 1.29 is 4.79 Å². The van der Waals surface area contributed by atoms with Crippen molar-refractivity contribution in [1.82, 2.24) is 20.5 Å². The summed E-state index contributed by atoms with van der Waals surface area (Å²) in [5, 5.41) is 10.2. The van der Waals surface area contributed by atoms with E-state index in [9.17, 15) is 4.79 Å². The minimum Gasteiger partial charge on any atom is -0.346 e. The molecule has 0 spiro atoms. The van der Waals surface area contributed by atoms with Gasteiger partial charge in [-0.05, 0) is 30.4 Å². The van der Waals surface area contributed by atoms with Gasteiger partial charge in [0.25, 0.3) is 0 Å². The minimum atomic E-state index is -0.119. The molecule has 1 heterocycles. The van der Waals surface area contributed by atoms with E-state index in [1.807, 2.05) is 24.5 Å². The molecule has 1 aromatic carbocycles. The summed E-state index contributed by atoms with van der Waals surface area (Å²) in [6, 6.07) is 10.2. The van der Waals surface area contributed by atoms with Crippen LogP contribution in [0, 0.1) is 0 Å². The van der Waals surface area contributed by atoms with Gasteiger partial charge in [-0.25, -0.2) is 4.98 Å². The minimum absolute atomic E-state index is 0.0539. The van der Waals surface area contributed by atoms with E-state index >= 15 is 0 Å². The van der Waals surface area contributed by atoms with Crippen LogP contribution in [-0.2, 0) is 17.6 Å². The third-order valence-corrected chi connectivity index (χ3v) is 3.99. The van der Waals surface area contributed by atoms with E-state index in [-0.39, 0.29) is 11.9 Å². The fraction of sp³-hybridized carbons (Fsp3) is 0.438. The van der Waals surface area contributed by atoms with Crippen molar-refractivity contribution in [2.24, 2.45) is 0 Å². The van der Waals surface area contributed by atoms with E-state index < -0.39 is 0 Å². The van der Waals surface area contributed by atoms with Crippen LogP contribution in [0.3, 0.4) is 0 Å². The highest BCUT2D eigenvalue weighted by Gasteiger charge is 2.17. The summed E-state index contributed by atoms with van der Waals surface area (Å²) in [4.78, 5) is 15.9. The number of nitrogens with zero attached hydrogens (tertiary/aromatic N) is 2. The number of aromatic nitrogens is 3. The number of nitrogens with one attached hydrogen (secondary N) is 2. The van der Waals surface area contributed by atoms with Crippen LogP contribution in [0.4, 0.5) is 0 Å². The van der Waals surface area contributed by atoms with Crippen molar-refractivity contribution >= 4 is 17.7 Å². The molecule has 0 aliphatic heterocycles. The fourth-order valence-electron chi connectivity index (χ4n) is 2.23. The lowest BCUT2D eigenvalue weighted by Crippen LogP contribution is -2.27. The Bertz CT molecular complexity index is 585. The predicted octanol–water partition coefficient (Wildman–Crippen LogP) is 2.52. The number of aryl methyl sites for hydroxylation is 2. The predicted molar refractivity (Wildman–Crippen MR) is 89.8 cm³/mol. The van der Waals surface area contributed by atoms with Gasteiger partial charge in [0.2, 0.25) is 5.91 Å². The first-order valence-corrected chi connectivity index (χ1v) is 8.79. The number of thioether (sulfide) groups is 1. The van der Waals surface area contributed by atoms with E-state index in [1.54, 1.807) is 11.8 Å². The first-order valence-electron chi connectivity index (χ1n) is 7.40. The normalized spacial score (nSPS) is 12.1. The molecular weight excluding hydrogens is 296 g/mol. The second-order valence-corrected chi connectivity index (χ2v) is 6.15. The van der Waals surface area contributed by atoms with Crippen molar-refractivity contribution in [3.05, 3.63) is 47.5 Å². The number of aromatic amines is 1. The Morgan fingerprint density at radius 1 is 1.32 bits per heavy atom. The largest absolute Gasteiger partial charge is 0.346 e. The molecule has 22 heavy (non-hydrogen) atoms. The first kappa shape index (κ1) is 16.5. The van der Waals surface area contributed by atoms with Crippen LogP contribution in [0.1, 0.15) is 36.6 Å². The van der Waals surface area contributed by atoms with Crippen LogP contribution in [0.5, 0.6) is 0 Å². The van der Waals surface area contributed by atoms with E-state index in [4.69, 9.17) is 0 Å². The molecule has 0 saturated heterocycles. The van der Waals surface area contributed by atoms with Gasteiger partial charge in [0.05, 0.1) is 6.04 Å². The van der Waals surface area contributed by atoms with Gasteiger partial charge in [0.1, 0.15) is 5.82 Å². The van der Waals surface area contributed by atoms with Crippen molar-refractivity contribution in [2.75, 3.05) is 12.0 Å². The van der Waals surface area contributed by atoms with Crippen molar-refractivity contribution in [3.63, 3.8) is 0 Å². The van der Waals surface area contributed by atoms with Crippen LogP contribution in [0.2, 0.25) is 0 Å². The van der Waals surface area contributed by atoms with Crippen LogP contribution in [-0.4, -0.2) is 33.1 Å². The van der Waals surface area contributed by atoms with Gasteiger partial charge in [0, 0.05) is 13.3 Å². The maximum absolute atomic E-state index is 11.3. The van der Waals surface area contributed by atoms with Crippen molar-refractivity contribution in [3.8, 4) is 0 Å². The quantitative estimate of drug-likeness (QED) is 0.784. The number of carbonyl (C=O) groups excluding carboxylic acids is 1. The Labute approximate surface area is 135 Å². The summed E-state index contributed by atoms with van der Waals surface area (Å²) in [7, 11) is 0. The molecule has 2 rings (SSSR count). The lowest BCUT2D eigenvalue weighted by Gasteiger charge is -2.13. The molecule has 0 bridgehead atoms. The Morgan fingerprint density at radius 3 is 2.77 bits per heavy atom. The summed E-state index contributed by atoms with van der Waals surface area (Å²) < 4.78 is 0. The molecule has 0 saturated carbocycles. The highest BCUT2D eigenvalue weighted by Crippen LogP contribution is 2.15. The van der Waals surface area contributed by atoms with E-state index in [0.29, 0.717) is 5.82 Å². The maximum Gasteiger partial charge on any atom is 0.217 e. The molecule has 6 heteroatoms. The number of hydrogen-bond acceptors (Lipinski definition) is 4. The zero-order valence-electron chi connectivity index (χ0n) is 13.0. The van der Waals surface area contributed by atoms with E-state index in [0.717, 1.165) is 30.8 Å². The van der Waals surface area contributed by atoms with Gasteiger partial charge in [-0.3, -0.25) is 9.89 Å². The number of benzene rings is 1. The van der Waals surface area contributed by atoms with E-state index in [2.05, 4.69) is 32.6 Å². The lowest BCUT2D eigenvalue weighted by molar-refractivity contribution is -0.119. The summed E-state index contributed by atoms with van der Waals surface area (Å²) >= 11 is 1.75. The third kappa shape index (κ3) is 5.18. The SMILES string of the molecule is CSCC[C@H](NC(C)=O)c1n[nH]c(CCc2ccccc2)n1. The molecule has 0 fully saturated rings. The molecular formula is C16H22N4OS. The average molecular weight is 318 g/mol. The highest BCUT2D eigenvalue weighted by molar-refractivity contribution is 7.98. The highest BCUT2D eigenvalue weighted by atomic mass is 32.2. The molecule has 2 aromatic rings. The van der Waals surface area contributed by atoms with Gasteiger partial charge in [0.15, 0.2) is 5.82 Å². The smallest absolute Gasteiger partial charge is 0.217 e. The average Bonchev–Trinajstić information content (AvgIpc) is 2.99. The summed E-state index contributed by atoms with van der Waals surface area (Å²) in [5.74, 6) is 2.44. The van der Waals surface area contributed by atoms with Gasteiger partial charge < -0.3 is 5.32 Å². The number of amides is 1. The second kappa shape index (κ2) is 8.58. The second-order valence-electron chi connectivity index (χ2n) is 5.16. The molecule has 0 aliphatic rings. The zero-order valence-corrected chi connectivity index (χ0v) is 13.8. The number of H-pyrrole nitrogens is 1. The van der Waals surface area contributed by atoms with E-state index in [1.165, 1.54) is 12.5 Å². The van der Waals surface area contributed by atoms with Crippen molar-refractivity contribution in [1.29, 1.82) is 0 Å². The number of carbonyl (C=O) groups is 1. The Hall–Kier alpha value is -1.82. The maximum atomic E-state index is 11.3. The summed E-state index contributed by atoms with van der Waals surface area (Å²) in [6.45, 7) is 1.52. The molecule has 0 aliphatic carbocycles. The summed E-state index contributed by atoms with van der Waals surface area (Å²) in [5.41, 5.74) is 1.28. The topological polar surface area (TPSA) is 70.7 Å². The number of rotatable bonds is 8. The molecule has 0 radical (unpaired) electrons. The van der Waals surface area contributed by atoms with Crippen LogP contribution >= 0.6 is 11.8 Å². The standard InChI is InChI=1S/C16H22N4OS/c1-12(21)17-14(10-11-22-2)16-18-15(19-20-16)9-8-13-6-4-3-5-7-13/h3-7,14H,8-11H2,1-2H3,(H,17,21)(H,18,19,20)/t14-/m0/s1. The Kier molecular flexibility index (Phi) is 6.45. The van der Waals surface area contributed by atoms with Crippen LogP contribution in [0.25, 0.3) is 0 Å². The molecule has 2 N–H and O–H groups in total. The third-order valence-electron chi connectivity index (χ3n) is 3.34. The fourth-order valence-corrected chi connectivity index (χ4v) is 2.70.